The lowest BCUT2D eigenvalue weighted by Gasteiger charge is -2.47. The number of carbonyl (C=O) groups excluding carboxylic acids is 2. The Bertz CT molecular complexity index is 1170. The second-order valence-corrected chi connectivity index (χ2v) is 11.5. The maximum Gasteiger partial charge on any atom is 0.247 e. The average Bonchev–Trinajstić information content (AvgIpc) is 3.32. The smallest absolute Gasteiger partial charge is 0.247 e. The molecule has 0 unspecified atom stereocenters. The van der Waals surface area contributed by atoms with Gasteiger partial charge >= 0.3 is 0 Å². The van der Waals surface area contributed by atoms with E-state index in [-0.39, 0.29) is 29.9 Å². The first-order valence-electron chi connectivity index (χ1n) is 12.0. The van der Waals surface area contributed by atoms with Crippen molar-refractivity contribution in [2.75, 3.05) is 18.0 Å². The molecule has 1 aliphatic carbocycles. The van der Waals surface area contributed by atoms with Crippen molar-refractivity contribution >= 4 is 27.5 Å². The van der Waals surface area contributed by atoms with Crippen LogP contribution < -0.4 is 10.2 Å². The van der Waals surface area contributed by atoms with Crippen molar-refractivity contribution < 1.29 is 18.0 Å². The van der Waals surface area contributed by atoms with E-state index in [0.717, 1.165) is 41.1 Å². The van der Waals surface area contributed by atoms with E-state index in [1.165, 1.54) is 4.90 Å². The first-order valence-corrected chi connectivity index (χ1v) is 13.4. The number of aryl methyl sites for hydroxylation is 2. The molecule has 1 saturated heterocycles. The molecule has 0 aromatic heterocycles. The number of anilines is 1. The number of para-hydroxylation sites is 1. The summed E-state index contributed by atoms with van der Waals surface area (Å²) in [6, 6.07) is 14.1. The zero-order valence-electron chi connectivity index (χ0n) is 20.1. The van der Waals surface area contributed by atoms with E-state index in [4.69, 9.17) is 0 Å². The summed E-state index contributed by atoms with van der Waals surface area (Å²) in [5.41, 5.74) is 1.15. The highest BCUT2D eigenvalue weighted by Crippen LogP contribution is 2.35. The van der Waals surface area contributed by atoms with Crippen molar-refractivity contribution in [2.24, 2.45) is 0 Å². The monoisotopic (exact) mass is 483 g/mol. The van der Waals surface area contributed by atoms with Crippen LogP contribution in [0.3, 0.4) is 0 Å². The standard InChI is InChI=1S/C26H33N3O4S/c1-4-20-9-5-8-12-23(20)29-24(30)17-28(34(32,33)22-15-13-19(2)14-16-22)18-26(29,3)25(31)27-21-10-6-7-11-21/h5,8-9,12-16,21H,4,6-7,10-11,17-18H2,1-3H3,(H,27,31)/t26-/m1/s1. The summed E-state index contributed by atoms with van der Waals surface area (Å²) < 4.78 is 28.1. The van der Waals surface area contributed by atoms with Gasteiger partial charge in [0.05, 0.1) is 11.4 Å². The van der Waals surface area contributed by atoms with Gasteiger partial charge in [0, 0.05) is 18.3 Å². The van der Waals surface area contributed by atoms with Gasteiger partial charge in [-0.25, -0.2) is 8.42 Å². The molecule has 34 heavy (non-hydrogen) atoms. The summed E-state index contributed by atoms with van der Waals surface area (Å²) in [5, 5.41) is 3.11. The quantitative estimate of drug-likeness (QED) is 0.682. The first kappa shape index (κ1) is 24.4. The van der Waals surface area contributed by atoms with Crippen LogP contribution in [0.4, 0.5) is 5.69 Å². The SMILES string of the molecule is CCc1ccccc1N1C(=O)CN(S(=O)(=O)c2ccc(C)cc2)C[C@]1(C)C(=O)NC1CCCC1. The third kappa shape index (κ3) is 4.49. The molecular weight excluding hydrogens is 450 g/mol. The van der Waals surface area contributed by atoms with E-state index in [2.05, 4.69) is 5.32 Å². The van der Waals surface area contributed by atoms with Gasteiger partial charge in [0.1, 0.15) is 5.54 Å². The molecule has 0 radical (unpaired) electrons. The number of benzene rings is 2. The summed E-state index contributed by atoms with van der Waals surface area (Å²) in [6.07, 6.45) is 4.58. The van der Waals surface area contributed by atoms with Crippen LogP contribution in [0.15, 0.2) is 53.4 Å². The minimum absolute atomic E-state index is 0.0479. The van der Waals surface area contributed by atoms with E-state index in [1.54, 1.807) is 31.2 Å². The summed E-state index contributed by atoms with van der Waals surface area (Å²) in [7, 11) is -3.96. The molecule has 8 heteroatoms. The number of carbonyl (C=O) groups is 2. The highest BCUT2D eigenvalue weighted by atomic mass is 32.2. The third-order valence-electron chi connectivity index (χ3n) is 6.99. The molecule has 2 aliphatic rings. The Hall–Kier alpha value is -2.71. The van der Waals surface area contributed by atoms with E-state index in [0.29, 0.717) is 12.1 Å². The maximum absolute atomic E-state index is 13.7. The van der Waals surface area contributed by atoms with Crippen LogP contribution >= 0.6 is 0 Å². The van der Waals surface area contributed by atoms with Gasteiger partial charge in [-0.1, -0.05) is 55.7 Å². The molecule has 2 aromatic carbocycles. The second-order valence-electron chi connectivity index (χ2n) is 9.53. The Morgan fingerprint density at radius 3 is 2.38 bits per heavy atom. The molecule has 2 amide bonds. The average molecular weight is 484 g/mol. The Labute approximate surface area is 202 Å². The van der Waals surface area contributed by atoms with E-state index >= 15 is 0 Å². The van der Waals surface area contributed by atoms with Crippen molar-refractivity contribution in [3.63, 3.8) is 0 Å². The molecule has 2 aromatic rings. The number of hydrogen-bond acceptors (Lipinski definition) is 4. The van der Waals surface area contributed by atoms with Gasteiger partial charge in [-0.3, -0.25) is 14.5 Å². The minimum atomic E-state index is -3.96. The lowest BCUT2D eigenvalue weighted by molar-refractivity contribution is -0.133. The van der Waals surface area contributed by atoms with Gasteiger partial charge in [-0.2, -0.15) is 4.31 Å². The fourth-order valence-corrected chi connectivity index (χ4v) is 6.49. The molecule has 1 atom stereocenters. The molecule has 4 rings (SSSR count). The van der Waals surface area contributed by atoms with Crippen LogP contribution in [-0.4, -0.2) is 49.2 Å². The van der Waals surface area contributed by atoms with Crippen molar-refractivity contribution in [1.82, 2.24) is 9.62 Å². The fourth-order valence-electron chi connectivity index (χ4n) is 5.01. The number of amides is 2. The number of piperazine rings is 1. The second kappa shape index (κ2) is 9.50. The molecule has 2 fully saturated rings. The van der Waals surface area contributed by atoms with Gasteiger partial charge < -0.3 is 5.32 Å². The zero-order valence-corrected chi connectivity index (χ0v) is 20.9. The Kier molecular flexibility index (Phi) is 6.82. The lowest BCUT2D eigenvalue weighted by Crippen LogP contribution is -2.70. The zero-order chi connectivity index (χ0) is 24.5. The molecule has 182 valence electrons. The van der Waals surface area contributed by atoms with Crippen LogP contribution in [0.25, 0.3) is 0 Å². The molecule has 1 aliphatic heterocycles. The summed E-state index contributed by atoms with van der Waals surface area (Å²) in [4.78, 5) is 29.0. The predicted molar refractivity (Wildman–Crippen MR) is 132 cm³/mol. The van der Waals surface area contributed by atoms with Crippen molar-refractivity contribution in [3.05, 3.63) is 59.7 Å². The van der Waals surface area contributed by atoms with Crippen LogP contribution in [0.2, 0.25) is 0 Å². The van der Waals surface area contributed by atoms with Crippen molar-refractivity contribution in [2.45, 2.75) is 69.4 Å². The number of rotatable bonds is 6. The maximum atomic E-state index is 13.7. The number of nitrogens with one attached hydrogen (secondary N) is 1. The van der Waals surface area contributed by atoms with Crippen LogP contribution in [0.1, 0.15) is 50.7 Å². The minimum Gasteiger partial charge on any atom is -0.351 e. The van der Waals surface area contributed by atoms with E-state index < -0.39 is 21.5 Å². The molecule has 0 bridgehead atoms. The highest BCUT2D eigenvalue weighted by Gasteiger charge is 2.51. The fraction of sp³-hybridized carbons (Fsp3) is 0.462. The van der Waals surface area contributed by atoms with Gasteiger partial charge in [0.15, 0.2) is 0 Å². The largest absolute Gasteiger partial charge is 0.351 e. The molecule has 0 spiro atoms. The van der Waals surface area contributed by atoms with E-state index in [1.807, 2.05) is 38.1 Å². The van der Waals surface area contributed by atoms with Crippen LogP contribution in [-0.2, 0) is 26.0 Å². The molecule has 7 nitrogen and oxygen atoms in total. The van der Waals surface area contributed by atoms with Crippen LogP contribution in [0.5, 0.6) is 0 Å². The third-order valence-corrected chi connectivity index (χ3v) is 8.80. The molecule has 1 saturated carbocycles. The highest BCUT2D eigenvalue weighted by molar-refractivity contribution is 7.89. The number of sulfonamides is 1. The Balaban J connectivity index is 1.75. The lowest BCUT2D eigenvalue weighted by atomic mass is 9.92. The summed E-state index contributed by atoms with van der Waals surface area (Å²) >= 11 is 0. The molecule has 1 heterocycles. The van der Waals surface area contributed by atoms with Gasteiger partial charge in [0.2, 0.25) is 21.8 Å². The van der Waals surface area contributed by atoms with Gasteiger partial charge in [-0.15, -0.1) is 0 Å². The van der Waals surface area contributed by atoms with Gasteiger partial charge in [0.25, 0.3) is 0 Å². The predicted octanol–water partition coefficient (Wildman–Crippen LogP) is 3.41. The normalized spacial score (nSPS) is 22.2. The number of nitrogens with zero attached hydrogens (tertiary/aromatic N) is 2. The van der Waals surface area contributed by atoms with Crippen molar-refractivity contribution in [1.29, 1.82) is 0 Å². The Morgan fingerprint density at radius 2 is 1.74 bits per heavy atom. The first-order chi connectivity index (χ1) is 16.2. The Morgan fingerprint density at radius 1 is 1.09 bits per heavy atom. The van der Waals surface area contributed by atoms with Crippen LogP contribution in [0, 0.1) is 6.92 Å². The molecular formula is C26H33N3O4S. The van der Waals surface area contributed by atoms with E-state index in [9.17, 15) is 18.0 Å². The van der Waals surface area contributed by atoms with Crippen molar-refractivity contribution in [3.8, 4) is 0 Å². The van der Waals surface area contributed by atoms with Gasteiger partial charge in [-0.05, 0) is 56.9 Å². The molecule has 1 N–H and O–H groups in total. The summed E-state index contributed by atoms with van der Waals surface area (Å²) in [6.45, 7) is 5.12. The summed E-state index contributed by atoms with van der Waals surface area (Å²) in [5.74, 6) is -0.727. The number of hydrogen-bond donors (Lipinski definition) is 1. The topological polar surface area (TPSA) is 86.8 Å².